The second-order valence-corrected chi connectivity index (χ2v) is 5.53. The van der Waals surface area contributed by atoms with Crippen LogP contribution in [0.15, 0.2) is 0 Å². The van der Waals surface area contributed by atoms with E-state index in [1.807, 2.05) is 0 Å². The van der Waals surface area contributed by atoms with Gasteiger partial charge in [0.15, 0.2) is 0 Å². The maximum Gasteiger partial charge on any atom is 0.303 e. The van der Waals surface area contributed by atoms with E-state index in [-0.39, 0.29) is 31.3 Å². The standard InChI is InChI=1S/C13H20N2O5/c1-14-8-13(20-7-11(14)17)5-6-15(9-13)10(16)3-2-4-12(18)19/h2-9H2,1H3,(H,18,19). The van der Waals surface area contributed by atoms with Crippen molar-refractivity contribution in [2.24, 2.45) is 0 Å². The van der Waals surface area contributed by atoms with Crippen LogP contribution < -0.4 is 0 Å². The van der Waals surface area contributed by atoms with Crippen LogP contribution in [0.4, 0.5) is 0 Å². The molecule has 0 aromatic heterocycles. The normalized spacial score (nSPS) is 26.4. The molecule has 1 unspecified atom stereocenters. The van der Waals surface area contributed by atoms with Crippen LogP contribution in [-0.2, 0) is 19.1 Å². The highest BCUT2D eigenvalue weighted by molar-refractivity contribution is 5.79. The maximum atomic E-state index is 12.0. The van der Waals surface area contributed by atoms with Crippen molar-refractivity contribution >= 4 is 17.8 Å². The molecule has 1 spiro atoms. The molecule has 0 bridgehead atoms. The Labute approximate surface area is 117 Å². The van der Waals surface area contributed by atoms with Gasteiger partial charge in [-0.3, -0.25) is 14.4 Å². The third-order valence-corrected chi connectivity index (χ3v) is 3.90. The van der Waals surface area contributed by atoms with Crippen LogP contribution in [0.25, 0.3) is 0 Å². The first-order chi connectivity index (χ1) is 9.42. The van der Waals surface area contributed by atoms with Crippen LogP contribution in [0.3, 0.4) is 0 Å². The summed E-state index contributed by atoms with van der Waals surface area (Å²) >= 11 is 0. The van der Waals surface area contributed by atoms with Crippen molar-refractivity contribution in [3.63, 3.8) is 0 Å². The summed E-state index contributed by atoms with van der Waals surface area (Å²) in [6.07, 6.45) is 1.34. The highest BCUT2D eigenvalue weighted by atomic mass is 16.5. The summed E-state index contributed by atoms with van der Waals surface area (Å²) in [7, 11) is 1.74. The van der Waals surface area contributed by atoms with E-state index in [0.29, 0.717) is 26.1 Å². The van der Waals surface area contributed by atoms with Gasteiger partial charge in [-0.05, 0) is 12.8 Å². The third kappa shape index (κ3) is 3.27. The van der Waals surface area contributed by atoms with E-state index in [2.05, 4.69) is 0 Å². The molecule has 2 heterocycles. The van der Waals surface area contributed by atoms with Crippen LogP contribution in [0.1, 0.15) is 25.7 Å². The third-order valence-electron chi connectivity index (χ3n) is 3.90. The number of nitrogens with zero attached hydrogens (tertiary/aromatic N) is 2. The summed E-state index contributed by atoms with van der Waals surface area (Å²) < 4.78 is 5.65. The first-order valence-electron chi connectivity index (χ1n) is 6.79. The molecule has 0 aromatic rings. The first kappa shape index (κ1) is 14.8. The summed E-state index contributed by atoms with van der Waals surface area (Å²) in [5, 5.41) is 8.56. The molecule has 2 aliphatic heterocycles. The molecule has 7 heteroatoms. The fourth-order valence-corrected chi connectivity index (χ4v) is 2.74. The van der Waals surface area contributed by atoms with Crippen molar-refractivity contribution in [3.8, 4) is 0 Å². The molecular weight excluding hydrogens is 264 g/mol. The zero-order chi connectivity index (χ0) is 14.8. The Hall–Kier alpha value is -1.63. The summed E-state index contributed by atoms with van der Waals surface area (Å²) in [4.78, 5) is 37.2. The molecule has 2 fully saturated rings. The van der Waals surface area contributed by atoms with Crippen molar-refractivity contribution < 1.29 is 24.2 Å². The highest BCUT2D eigenvalue weighted by Crippen LogP contribution is 2.29. The molecule has 2 rings (SSSR count). The lowest BCUT2D eigenvalue weighted by Crippen LogP contribution is -2.54. The molecule has 2 amide bonds. The predicted octanol–water partition coefficient (Wildman–Crippen LogP) is -0.299. The number of likely N-dealkylation sites (tertiary alicyclic amines) is 1. The number of carboxylic acid groups (broad SMARTS) is 1. The molecular formula is C13H20N2O5. The average molecular weight is 284 g/mol. The Bertz CT molecular complexity index is 425. The Morgan fingerprint density at radius 1 is 1.35 bits per heavy atom. The fourth-order valence-electron chi connectivity index (χ4n) is 2.74. The van der Waals surface area contributed by atoms with Gasteiger partial charge in [0.1, 0.15) is 12.2 Å². The maximum absolute atomic E-state index is 12.0. The highest BCUT2D eigenvalue weighted by Gasteiger charge is 2.45. The molecule has 112 valence electrons. The minimum absolute atomic E-state index is 0.0124. The van der Waals surface area contributed by atoms with E-state index < -0.39 is 11.6 Å². The van der Waals surface area contributed by atoms with Crippen molar-refractivity contribution in [1.82, 2.24) is 9.80 Å². The lowest BCUT2D eigenvalue weighted by molar-refractivity contribution is -0.159. The predicted molar refractivity (Wildman–Crippen MR) is 69.0 cm³/mol. The van der Waals surface area contributed by atoms with Crippen molar-refractivity contribution in [1.29, 1.82) is 0 Å². The van der Waals surface area contributed by atoms with E-state index in [0.717, 1.165) is 6.42 Å². The van der Waals surface area contributed by atoms with E-state index >= 15 is 0 Å². The van der Waals surface area contributed by atoms with Crippen LogP contribution in [0, 0.1) is 0 Å². The number of hydrogen-bond acceptors (Lipinski definition) is 4. The SMILES string of the molecule is CN1CC2(CCN(C(=O)CCCC(=O)O)C2)OCC1=O. The molecule has 0 aliphatic carbocycles. The minimum atomic E-state index is -0.883. The van der Waals surface area contributed by atoms with Gasteiger partial charge in [-0.25, -0.2) is 0 Å². The molecule has 1 N–H and O–H groups in total. The van der Waals surface area contributed by atoms with E-state index in [1.165, 1.54) is 0 Å². The monoisotopic (exact) mass is 284 g/mol. The van der Waals surface area contributed by atoms with Crippen molar-refractivity contribution in [3.05, 3.63) is 0 Å². The number of carboxylic acids is 1. The average Bonchev–Trinajstić information content (AvgIpc) is 2.78. The molecule has 20 heavy (non-hydrogen) atoms. The summed E-state index contributed by atoms with van der Waals surface area (Å²) in [6.45, 7) is 1.66. The smallest absolute Gasteiger partial charge is 0.303 e. The molecule has 0 aromatic carbocycles. The van der Waals surface area contributed by atoms with Gasteiger partial charge in [-0.2, -0.15) is 0 Å². The van der Waals surface area contributed by atoms with Gasteiger partial charge >= 0.3 is 5.97 Å². The Morgan fingerprint density at radius 3 is 2.75 bits per heavy atom. The molecule has 0 saturated carbocycles. The number of morpholine rings is 1. The topological polar surface area (TPSA) is 87.2 Å². The Kier molecular flexibility index (Phi) is 4.27. The summed E-state index contributed by atoms with van der Waals surface area (Å²) in [5.74, 6) is -0.959. The number of rotatable bonds is 4. The lowest BCUT2D eigenvalue weighted by atomic mass is 10.0. The van der Waals surface area contributed by atoms with Gasteiger partial charge in [-0.1, -0.05) is 0 Å². The summed E-state index contributed by atoms with van der Waals surface area (Å²) in [5.41, 5.74) is -0.439. The second kappa shape index (κ2) is 5.78. The van der Waals surface area contributed by atoms with E-state index in [4.69, 9.17) is 9.84 Å². The zero-order valence-electron chi connectivity index (χ0n) is 11.6. The molecule has 2 saturated heterocycles. The number of aliphatic carboxylic acids is 1. The molecule has 2 aliphatic rings. The Balaban J connectivity index is 1.84. The fraction of sp³-hybridized carbons (Fsp3) is 0.769. The van der Waals surface area contributed by atoms with Gasteiger partial charge < -0.3 is 19.6 Å². The number of carbonyl (C=O) groups is 3. The van der Waals surface area contributed by atoms with Gasteiger partial charge in [-0.15, -0.1) is 0 Å². The van der Waals surface area contributed by atoms with E-state index in [1.54, 1.807) is 16.8 Å². The Morgan fingerprint density at radius 2 is 2.10 bits per heavy atom. The van der Waals surface area contributed by atoms with Crippen molar-refractivity contribution in [2.75, 3.05) is 33.3 Å². The van der Waals surface area contributed by atoms with E-state index in [9.17, 15) is 14.4 Å². The largest absolute Gasteiger partial charge is 0.481 e. The lowest BCUT2D eigenvalue weighted by Gasteiger charge is -2.38. The minimum Gasteiger partial charge on any atom is -0.481 e. The number of hydrogen-bond donors (Lipinski definition) is 1. The first-order valence-corrected chi connectivity index (χ1v) is 6.79. The van der Waals surface area contributed by atoms with Crippen LogP contribution in [0.2, 0.25) is 0 Å². The zero-order valence-corrected chi connectivity index (χ0v) is 11.6. The van der Waals surface area contributed by atoms with Gasteiger partial charge in [0.25, 0.3) is 0 Å². The van der Waals surface area contributed by atoms with Gasteiger partial charge in [0.2, 0.25) is 11.8 Å². The molecule has 0 radical (unpaired) electrons. The van der Waals surface area contributed by atoms with Crippen LogP contribution in [0.5, 0.6) is 0 Å². The van der Waals surface area contributed by atoms with Crippen molar-refractivity contribution in [2.45, 2.75) is 31.3 Å². The molecule has 1 atom stereocenters. The number of likely N-dealkylation sites (N-methyl/N-ethyl adjacent to an activating group) is 1. The van der Waals surface area contributed by atoms with Crippen LogP contribution in [-0.4, -0.2) is 71.6 Å². The van der Waals surface area contributed by atoms with Gasteiger partial charge in [0.05, 0.1) is 13.1 Å². The van der Waals surface area contributed by atoms with Crippen LogP contribution >= 0.6 is 0 Å². The summed E-state index contributed by atoms with van der Waals surface area (Å²) in [6, 6.07) is 0. The second-order valence-electron chi connectivity index (χ2n) is 5.53. The van der Waals surface area contributed by atoms with Gasteiger partial charge in [0, 0.05) is 26.4 Å². The molecule has 7 nitrogen and oxygen atoms in total. The number of carbonyl (C=O) groups excluding carboxylic acids is 2. The number of amides is 2. The quantitative estimate of drug-likeness (QED) is 0.766. The number of ether oxygens (including phenoxy) is 1.